The molecule has 6 heteroatoms. The van der Waals surface area contributed by atoms with Crippen molar-refractivity contribution in [2.24, 2.45) is 0 Å². The fourth-order valence-corrected chi connectivity index (χ4v) is 1.60. The van der Waals surface area contributed by atoms with E-state index < -0.39 is 0 Å². The topological polar surface area (TPSA) is 64.1 Å². The monoisotopic (exact) mass is 229 g/mol. The predicted molar refractivity (Wildman–Crippen MR) is 59.1 cm³/mol. The van der Waals surface area contributed by atoms with Crippen LogP contribution in [0.5, 0.6) is 0 Å². The van der Waals surface area contributed by atoms with Gasteiger partial charge in [0.05, 0.1) is 6.61 Å². The van der Waals surface area contributed by atoms with Crippen LogP contribution in [0.4, 0.5) is 5.13 Å². The van der Waals surface area contributed by atoms with E-state index in [2.05, 4.69) is 14.7 Å². The van der Waals surface area contributed by atoms with E-state index in [-0.39, 0.29) is 12.5 Å². The standard InChI is InChI=1S/C9H15N3O2S/c1-4-14-7(13)5-10-9-11-8(6(2)3)12-15-9/h6H,4-5H2,1-3H3,(H,10,11,12). The van der Waals surface area contributed by atoms with E-state index >= 15 is 0 Å². The van der Waals surface area contributed by atoms with Crippen molar-refractivity contribution in [1.82, 2.24) is 9.36 Å². The van der Waals surface area contributed by atoms with Crippen molar-refractivity contribution in [3.63, 3.8) is 0 Å². The summed E-state index contributed by atoms with van der Waals surface area (Å²) in [5.74, 6) is 0.824. The Labute approximate surface area is 93.0 Å². The smallest absolute Gasteiger partial charge is 0.325 e. The molecule has 84 valence electrons. The number of nitrogens with one attached hydrogen (secondary N) is 1. The minimum absolute atomic E-state index is 0.139. The number of ether oxygens (including phenoxy) is 1. The van der Waals surface area contributed by atoms with Gasteiger partial charge >= 0.3 is 5.97 Å². The largest absolute Gasteiger partial charge is 0.465 e. The van der Waals surface area contributed by atoms with Crippen molar-refractivity contribution in [1.29, 1.82) is 0 Å². The molecule has 0 aromatic carbocycles. The minimum atomic E-state index is -0.279. The van der Waals surface area contributed by atoms with Gasteiger partial charge in [-0.3, -0.25) is 4.79 Å². The summed E-state index contributed by atoms with van der Waals surface area (Å²) in [6.07, 6.45) is 0. The quantitative estimate of drug-likeness (QED) is 0.777. The van der Waals surface area contributed by atoms with E-state index in [9.17, 15) is 4.79 Å². The van der Waals surface area contributed by atoms with Gasteiger partial charge in [-0.1, -0.05) is 13.8 Å². The van der Waals surface area contributed by atoms with Gasteiger partial charge in [0.15, 0.2) is 0 Å². The van der Waals surface area contributed by atoms with Crippen LogP contribution in [0.2, 0.25) is 0 Å². The molecule has 1 rings (SSSR count). The second-order valence-electron chi connectivity index (χ2n) is 3.27. The molecule has 5 nitrogen and oxygen atoms in total. The zero-order chi connectivity index (χ0) is 11.3. The molecule has 0 saturated carbocycles. The van der Waals surface area contributed by atoms with Crippen molar-refractivity contribution in [2.75, 3.05) is 18.5 Å². The number of anilines is 1. The molecule has 0 saturated heterocycles. The summed E-state index contributed by atoms with van der Waals surface area (Å²) in [6, 6.07) is 0. The maximum absolute atomic E-state index is 11.0. The summed E-state index contributed by atoms with van der Waals surface area (Å²) in [4.78, 5) is 15.3. The first kappa shape index (κ1) is 11.9. The Hall–Kier alpha value is -1.17. The van der Waals surface area contributed by atoms with Gasteiger partial charge in [-0.15, -0.1) is 0 Å². The van der Waals surface area contributed by atoms with Crippen LogP contribution in [0.3, 0.4) is 0 Å². The number of aromatic nitrogens is 2. The van der Waals surface area contributed by atoms with Crippen molar-refractivity contribution >= 4 is 22.6 Å². The highest BCUT2D eigenvalue weighted by atomic mass is 32.1. The van der Waals surface area contributed by atoms with E-state index in [1.54, 1.807) is 6.92 Å². The van der Waals surface area contributed by atoms with Crippen LogP contribution in [0.1, 0.15) is 32.5 Å². The number of carbonyl (C=O) groups is 1. The first-order valence-corrected chi connectivity index (χ1v) is 5.64. The summed E-state index contributed by atoms with van der Waals surface area (Å²) >= 11 is 1.26. The van der Waals surface area contributed by atoms with Crippen molar-refractivity contribution in [2.45, 2.75) is 26.7 Å². The number of nitrogens with zero attached hydrogens (tertiary/aromatic N) is 2. The van der Waals surface area contributed by atoms with Crippen LogP contribution < -0.4 is 5.32 Å². The van der Waals surface area contributed by atoms with E-state index in [4.69, 9.17) is 4.74 Å². The van der Waals surface area contributed by atoms with Gasteiger partial charge in [0.2, 0.25) is 5.13 Å². The highest BCUT2D eigenvalue weighted by Gasteiger charge is 2.08. The molecule has 0 unspecified atom stereocenters. The normalized spacial score (nSPS) is 10.4. The Morgan fingerprint density at radius 1 is 1.60 bits per heavy atom. The highest BCUT2D eigenvalue weighted by molar-refractivity contribution is 7.09. The molecule has 1 N–H and O–H groups in total. The molecule has 1 heterocycles. The average Bonchev–Trinajstić information content (AvgIpc) is 2.63. The molecule has 1 aromatic heterocycles. The van der Waals surface area contributed by atoms with Crippen LogP contribution in [0.25, 0.3) is 0 Å². The molecule has 1 aromatic rings. The molecule has 0 aliphatic rings. The Morgan fingerprint density at radius 3 is 2.87 bits per heavy atom. The summed E-state index contributed by atoms with van der Waals surface area (Å²) < 4.78 is 8.93. The number of hydrogen-bond donors (Lipinski definition) is 1. The maximum atomic E-state index is 11.0. The molecule has 15 heavy (non-hydrogen) atoms. The fourth-order valence-electron chi connectivity index (χ4n) is 0.901. The molecule has 0 spiro atoms. The van der Waals surface area contributed by atoms with Crippen molar-refractivity contribution in [3.8, 4) is 0 Å². The number of esters is 1. The predicted octanol–water partition coefficient (Wildman–Crippen LogP) is 1.64. The van der Waals surface area contributed by atoms with Crippen LogP contribution in [-0.4, -0.2) is 28.5 Å². The van der Waals surface area contributed by atoms with Gasteiger partial charge in [-0.25, -0.2) is 4.98 Å². The summed E-state index contributed by atoms with van der Waals surface area (Å²) in [6.45, 7) is 6.36. The maximum Gasteiger partial charge on any atom is 0.325 e. The van der Waals surface area contributed by atoms with Gasteiger partial charge in [-0.2, -0.15) is 4.37 Å². The van der Waals surface area contributed by atoms with Gasteiger partial charge in [-0.05, 0) is 6.92 Å². The molecule has 0 radical (unpaired) electrons. The Bertz CT molecular complexity index is 325. The Balaban J connectivity index is 2.41. The second kappa shape index (κ2) is 5.65. The highest BCUT2D eigenvalue weighted by Crippen LogP contribution is 2.16. The van der Waals surface area contributed by atoms with E-state index in [0.29, 0.717) is 17.7 Å². The molecule has 0 fully saturated rings. The molecule has 0 amide bonds. The number of hydrogen-bond acceptors (Lipinski definition) is 6. The second-order valence-corrected chi connectivity index (χ2v) is 4.02. The van der Waals surface area contributed by atoms with Crippen molar-refractivity contribution in [3.05, 3.63) is 5.82 Å². The van der Waals surface area contributed by atoms with Crippen LogP contribution >= 0.6 is 11.5 Å². The third kappa shape index (κ3) is 3.83. The molecule has 0 aliphatic carbocycles. The van der Waals surface area contributed by atoms with Crippen LogP contribution in [0.15, 0.2) is 0 Å². The van der Waals surface area contributed by atoms with E-state index in [1.807, 2.05) is 13.8 Å². The number of carbonyl (C=O) groups excluding carboxylic acids is 1. The van der Waals surface area contributed by atoms with E-state index in [0.717, 1.165) is 5.82 Å². The minimum Gasteiger partial charge on any atom is -0.465 e. The first-order chi connectivity index (χ1) is 7.13. The zero-order valence-electron chi connectivity index (χ0n) is 9.11. The third-order valence-electron chi connectivity index (χ3n) is 1.65. The SMILES string of the molecule is CCOC(=O)CNc1nc(C(C)C)ns1. The lowest BCUT2D eigenvalue weighted by Gasteiger charge is -2.01. The van der Waals surface area contributed by atoms with Gasteiger partial charge in [0.25, 0.3) is 0 Å². The van der Waals surface area contributed by atoms with E-state index in [1.165, 1.54) is 11.5 Å². The third-order valence-corrected chi connectivity index (χ3v) is 2.33. The lowest BCUT2D eigenvalue weighted by Crippen LogP contribution is -2.16. The Kier molecular flexibility index (Phi) is 4.48. The van der Waals surface area contributed by atoms with Crippen molar-refractivity contribution < 1.29 is 9.53 Å². The van der Waals surface area contributed by atoms with Gasteiger partial charge in [0.1, 0.15) is 12.4 Å². The lowest BCUT2D eigenvalue weighted by molar-refractivity contribution is -0.140. The number of rotatable bonds is 5. The molecule has 0 aliphatic heterocycles. The summed E-state index contributed by atoms with van der Waals surface area (Å²) in [7, 11) is 0. The fraction of sp³-hybridized carbons (Fsp3) is 0.667. The average molecular weight is 229 g/mol. The van der Waals surface area contributed by atoms with Crippen LogP contribution in [0, 0.1) is 0 Å². The molecular weight excluding hydrogens is 214 g/mol. The van der Waals surface area contributed by atoms with Gasteiger partial charge < -0.3 is 10.1 Å². The zero-order valence-corrected chi connectivity index (χ0v) is 9.93. The summed E-state index contributed by atoms with van der Waals surface area (Å²) in [5.41, 5.74) is 0. The van der Waals surface area contributed by atoms with Gasteiger partial charge in [0, 0.05) is 17.5 Å². The molecule has 0 atom stereocenters. The van der Waals surface area contributed by atoms with Crippen LogP contribution in [-0.2, 0) is 9.53 Å². The summed E-state index contributed by atoms with van der Waals surface area (Å²) in [5, 5.41) is 3.53. The lowest BCUT2D eigenvalue weighted by atomic mass is 10.2. The Morgan fingerprint density at radius 2 is 2.33 bits per heavy atom. The molecular formula is C9H15N3O2S. The molecule has 0 bridgehead atoms. The first-order valence-electron chi connectivity index (χ1n) is 4.86.